The van der Waals surface area contributed by atoms with Crippen molar-refractivity contribution in [3.8, 4) is 0 Å². The quantitative estimate of drug-likeness (QED) is 0.748. The van der Waals surface area contributed by atoms with Gasteiger partial charge in [0.25, 0.3) is 5.91 Å². The lowest BCUT2D eigenvalue weighted by atomic mass is 10.0. The highest BCUT2D eigenvalue weighted by atomic mass is 16.4. The van der Waals surface area contributed by atoms with Gasteiger partial charge in [-0.15, -0.1) is 0 Å². The Morgan fingerprint density at radius 2 is 1.48 bits per heavy atom. The Balaban J connectivity index is 2.13. The van der Waals surface area contributed by atoms with E-state index in [4.69, 9.17) is 5.11 Å². The Labute approximate surface area is 145 Å². The highest BCUT2D eigenvalue weighted by Crippen LogP contribution is 2.11. The van der Waals surface area contributed by atoms with Crippen molar-refractivity contribution in [1.29, 1.82) is 0 Å². The molecule has 0 heterocycles. The summed E-state index contributed by atoms with van der Waals surface area (Å²) in [5.74, 6) is -2.66. The molecule has 0 saturated carbocycles. The maximum atomic E-state index is 12.3. The fourth-order valence-corrected chi connectivity index (χ4v) is 2.57. The number of aryl methyl sites for hydroxylation is 2. The first-order valence-corrected chi connectivity index (χ1v) is 7.70. The molecule has 0 aliphatic rings. The first-order chi connectivity index (χ1) is 11.8. The summed E-state index contributed by atoms with van der Waals surface area (Å²) in [5.41, 5.74) is 2.99. The third-order valence-electron chi connectivity index (χ3n) is 3.73. The average molecular weight is 341 g/mol. The van der Waals surface area contributed by atoms with Gasteiger partial charge in [0.1, 0.15) is 6.04 Å². The van der Waals surface area contributed by atoms with Gasteiger partial charge in [-0.05, 0) is 43.7 Å². The SMILES string of the molecule is Cc1cc(C)cc(C(=O)N[C@H](Cc2ccc(C(=O)O)cc2)C(=O)O)c1. The maximum Gasteiger partial charge on any atom is 0.335 e. The molecule has 0 aliphatic heterocycles. The lowest BCUT2D eigenvalue weighted by Crippen LogP contribution is -2.42. The zero-order valence-corrected chi connectivity index (χ0v) is 13.9. The summed E-state index contributed by atoms with van der Waals surface area (Å²) in [4.78, 5) is 34.7. The number of amides is 1. The second-order valence-corrected chi connectivity index (χ2v) is 5.95. The van der Waals surface area contributed by atoms with Crippen LogP contribution in [0.2, 0.25) is 0 Å². The van der Waals surface area contributed by atoms with E-state index in [9.17, 15) is 19.5 Å². The highest BCUT2D eigenvalue weighted by Gasteiger charge is 2.21. The van der Waals surface area contributed by atoms with Crippen LogP contribution in [0.5, 0.6) is 0 Å². The van der Waals surface area contributed by atoms with E-state index in [2.05, 4.69) is 5.32 Å². The molecule has 0 aromatic heterocycles. The lowest BCUT2D eigenvalue weighted by molar-refractivity contribution is -0.139. The van der Waals surface area contributed by atoms with Crippen molar-refractivity contribution < 1.29 is 24.6 Å². The summed E-state index contributed by atoms with van der Waals surface area (Å²) < 4.78 is 0. The van der Waals surface area contributed by atoms with Gasteiger partial charge in [0.05, 0.1) is 5.56 Å². The monoisotopic (exact) mass is 341 g/mol. The van der Waals surface area contributed by atoms with E-state index in [0.717, 1.165) is 11.1 Å². The normalized spacial score (nSPS) is 11.6. The van der Waals surface area contributed by atoms with Crippen LogP contribution in [0.4, 0.5) is 0 Å². The van der Waals surface area contributed by atoms with Crippen LogP contribution in [0.1, 0.15) is 37.4 Å². The average Bonchev–Trinajstić information content (AvgIpc) is 2.53. The fraction of sp³-hybridized carbons (Fsp3) is 0.211. The number of carboxylic acids is 2. The van der Waals surface area contributed by atoms with Gasteiger partial charge in [0, 0.05) is 12.0 Å². The van der Waals surface area contributed by atoms with Crippen molar-refractivity contribution in [1.82, 2.24) is 5.32 Å². The number of hydrogen-bond donors (Lipinski definition) is 3. The second kappa shape index (κ2) is 7.61. The van der Waals surface area contributed by atoms with E-state index in [1.54, 1.807) is 24.3 Å². The Morgan fingerprint density at radius 3 is 1.96 bits per heavy atom. The molecule has 3 N–H and O–H groups in total. The number of carbonyl (C=O) groups is 3. The summed E-state index contributed by atoms with van der Waals surface area (Å²) in [7, 11) is 0. The summed E-state index contributed by atoms with van der Waals surface area (Å²) in [6, 6.07) is 10.1. The zero-order valence-electron chi connectivity index (χ0n) is 13.9. The number of carboxylic acid groups (broad SMARTS) is 2. The van der Waals surface area contributed by atoms with Gasteiger partial charge in [-0.2, -0.15) is 0 Å². The molecule has 2 aromatic rings. The largest absolute Gasteiger partial charge is 0.480 e. The number of rotatable bonds is 6. The molecule has 6 heteroatoms. The van der Waals surface area contributed by atoms with Crippen LogP contribution in [-0.4, -0.2) is 34.1 Å². The third-order valence-corrected chi connectivity index (χ3v) is 3.73. The predicted molar refractivity (Wildman–Crippen MR) is 91.9 cm³/mol. The maximum absolute atomic E-state index is 12.3. The molecule has 0 radical (unpaired) electrons. The molecule has 6 nitrogen and oxygen atoms in total. The van der Waals surface area contributed by atoms with Crippen LogP contribution in [0.15, 0.2) is 42.5 Å². The van der Waals surface area contributed by atoms with Crippen LogP contribution in [0.3, 0.4) is 0 Å². The minimum Gasteiger partial charge on any atom is -0.480 e. The topological polar surface area (TPSA) is 104 Å². The summed E-state index contributed by atoms with van der Waals surface area (Å²) >= 11 is 0. The Morgan fingerprint density at radius 1 is 0.920 bits per heavy atom. The van der Waals surface area contributed by atoms with Crippen molar-refractivity contribution in [3.63, 3.8) is 0 Å². The minimum atomic E-state index is -1.15. The van der Waals surface area contributed by atoms with Gasteiger partial charge in [-0.3, -0.25) is 4.79 Å². The third kappa shape index (κ3) is 4.91. The number of hydrogen-bond acceptors (Lipinski definition) is 3. The molecule has 0 fully saturated rings. The first kappa shape index (κ1) is 18.2. The molecule has 130 valence electrons. The molecular weight excluding hydrogens is 322 g/mol. The van der Waals surface area contributed by atoms with Crippen LogP contribution in [-0.2, 0) is 11.2 Å². The predicted octanol–water partition coefficient (Wildman–Crippen LogP) is 2.43. The van der Waals surface area contributed by atoms with Gasteiger partial charge in [0.15, 0.2) is 0 Å². The molecule has 2 aromatic carbocycles. The summed E-state index contributed by atoms with van der Waals surface area (Å²) in [6.45, 7) is 3.73. The number of benzene rings is 2. The van der Waals surface area contributed by atoms with Crippen molar-refractivity contribution in [2.24, 2.45) is 0 Å². The lowest BCUT2D eigenvalue weighted by Gasteiger charge is -2.15. The number of aliphatic carboxylic acids is 1. The second-order valence-electron chi connectivity index (χ2n) is 5.95. The molecule has 25 heavy (non-hydrogen) atoms. The number of nitrogens with one attached hydrogen (secondary N) is 1. The molecule has 1 amide bonds. The van der Waals surface area contributed by atoms with E-state index in [0.29, 0.717) is 11.1 Å². The highest BCUT2D eigenvalue weighted by molar-refractivity contribution is 5.97. The molecule has 1 atom stereocenters. The van der Waals surface area contributed by atoms with Crippen molar-refractivity contribution in [3.05, 3.63) is 70.3 Å². The Kier molecular flexibility index (Phi) is 5.54. The van der Waals surface area contributed by atoms with Gasteiger partial charge in [-0.25, -0.2) is 9.59 Å². The molecule has 0 saturated heterocycles. The minimum absolute atomic E-state index is 0.0613. The van der Waals surface area contributed by atoms with Gasteiger partial charge < -0.3 is 15.5 Å². The van der Waals surface area contributed by atoms with Crippen molar-refractivity contribution in [2.45, 2.75) is 26.3 Å². The Bertz CT molecular complexity index is 791. The molecule has 0 bridgehead atoms. The van der Waals surface area contributed by atoms with E-state index in [1.165, 1.54) is 12.1 Å². The van der Waals surface area contributed by atoms with Crippen molar-refractivity contribution in [2.75, 3.05) is 0 Å². The van der Waals surface area contributed by atoms with E-state index >= 15 is 0 Å². The van der Waals surface area contributed by atoms with Crippen molar-refractivity contribution >= 4 is 17.8 Å². The van der Waals surface area contributed by atoms with Gasteiger partial charge in [0.2, 0.25) is 0 Å². The Hall–Kier alpha value is -3.15. The summed E-state index contributed by atoms with van der Waals surface area (Å²) in [6.07, 6.45) is 0.0613. The number of aromatic carboxylic acids is 1. The van der Waals surface area contributed by atoms with Crippen LogP contribution in [0.25, 0.3) is 0 Å². The van der Waals surface area contributed by atoms with E-state index in [-0.39, 0.29) is 12.0 Å². The zero-order chi connectivity index (χ0) is 18.6. The standard InChI is InChI=1S/C19H19NO5/c1-11-7-12(2)9-15(8-11)17(21)20-16(19(24)25)10-13-3-5-14(6-4-13)18(22)23/h3-9,16H,10H2,1-2H3,(H,20,21)(H,22,23)(H,24,25)/t16-/m1/s1. The fourth-order valence-electron chi connectivity index (χ4n) is 2.57. The smallest absolute Gasteiger partial charge is 0.335 e. The first-order valence-electron chi connectivity index (χ1n) is 7.70. The molecular formula is C19H19NO5. The molecule has 0 unspecified atom stereocenters. The van der Waals surface area contributed by atoms with Crippen LogP contribution < -0.4 is 5.32 Å². The summed E-state index contributed by atoms with van der Waals surface area (Å²) in [5, 5.41) is 20.8. The number of carbonyl (C=O) groups excluding carboxylic acids is 1. The molecule has 0 aliphatic carbocycles. The van der Waals surface area contributed by atoms with E-state index in [1.807, 2.05) is 19.9 Å². The molecule has 2 rings (SSSR count). The van der Waals surface area contributed by atoms with Crippen LogP contribution in [0, 0.1) is 13.8 Å². The van der Waals surface area contributed by atoms with Gasteiger partial charge >= 0.3 is 11.9 Å². The molecule has 0 spiro atoms. The van der Waals surface area contributed by atoms with Crippen LogP contribution >= 0.6 is 0 Å². The van der Waals surface area contributed by atoms with E-state index < -0.39 is 23.9 Å². The van der Waals surface area contributed by atoms with Gasteiger partial charge in [-0.1, -0.05) is 29.3 Å².